The standard InChI is InChI=1S/C27H24N6O14S5.C10H9NO7S2/c1-13-7-20(31-32-25-23(50-47-45-36)8-14-9-24(52(40,41)42)17(28)11-16(14)26(25)34)21(43-5-2-6-51(37,38)39)12-19(13)30-33-27-29-18-4-3-15(49-46-44-35)10-22(18)48-27;11-8-4-7-5(2-10(8)20(14,15)16)1-6(3-9(7)12)19-18-17-13/h3-4,7-12,34-36H,2,5-6,28H2,1H3,(H,37,38,39)(H,40,41,42);1-4,12-13H,11H2,(H,14,15,16). The van der Waals surface area contributed by atoms with Crippen LogP contribution in [0.1, 0.15) is 12.0 Å². The van der Waals surface area contributed by atoms with Crippen LogP contribution in [0.5, 0.6) is 17.2 Å². The first-order chi connectivity index (χ1) is 34.0. The molecule has 0 saturated carbocycles. The van der Waals surface area contributed by atoms with E-state index in [1.165, 1.54) is 47.7 Å². The smallest absolute Gasteiger partial charge is 0.296 e. The highest BCUT2D eigenvalue weighted by atomic mass is 32.2. The maximum atomic E-state index is 11.8. The molecular formula is C37H33N7O21S7. The second kappa shape index (κ2) is 23.9. The van der Waals surface area contributed by atoms with Crippen molar-refractivity contribution >= 4 is 143 Å². The molecule has 7 aromatic rings. The predicted molar refractivity (Wildman–Crippen MR) is 257 cm³/mol. The molecule has 0 aliphatic carbocycles. The van der Waals surface area contributed by atoms with Crippen LogP contribution in [0.3, 0.4) is 0 Å². The van der Waals surface area contributed by atoms with Crippen molar-refractivity contribution in [2.75, 3.05) is 23.8 Å². The summed E-state index contributed by atoms with van der Waals surface area (Å²) in [6.45, 7) is 1.49. The van der Waals surface area contributed by atoms with Crippen LogP contribution in [0.15, 0.2) is 118 Å². The molecule has 0 amide bonds. The van der Waals surface area contributed by atoms with E-state index in [-0.39, 0.29) is 62.9 Å². The van der Waals surface area contributed by atoms with Crippen LogP contribution in [0, 0.1) is 6.92 Å². The van der Waals surface area contributed by atoms with E-state index >= 15 is 0 Å². The Kier molecular flexibility index (Phi) is 18.5. The number of azo groups is 2. The summed E-state index contributed by atoms with van der Waals surface area (Å²) in [5.74, 6) is -1.27. The average Bonchev–Trinajstić information content (AvgIpc) is 3.72. The van der Waals surface area contributed by atoms with Crippen molar-refractivity contribution in [3.8, 4) is 17.2 Å². The Bertz CT molecular complexity index is 3570. The zero-order chi connectivity index (χ0) is 52.5. The first-order valence-corrected chi connectivity index (χ1v) is 26.5. The number of aryl methyl sites for hydroxylation is 1. The van der Waals surface area contributed by atoms with Crippen molar-refractivity contribution in [2.45, 2.75) is 37.8 Å². The van der Waals surface area contributed by atoms with Crippen molar-refractivity contribution in [2.24, 2.45) is 20.5 Å². The van der Waals surface area contributed by atoms with E-state index in [4.69, 9.17) is 41.1 Å². The molecule has 12 N–H and O–H groups in total. The summed E-state index contributed by atoms with van der Waals surface area (Å²) in [6.07, 6.45) is -0.0979. The Balaban J connectivity index is 0.000000352. The van der Waals surface area contributed by atoms with Crippen LogP contribution in [0.2, 0.25) is 0 Å². The number of thiazole rings is 1. The van der Waals surface area contributed by atoms with Crippen molar-refractivity contribution in [1.82, 2.24) is 4.98 Å². The number of ether oxygens (including phenoxy) is 1. The van der Waals surface area contributed by atoms with Gasteiger partial charge in [0.05, 0.1) is 80.7 Å². The number of benzene rings is 6. The molecule has 0 spiro atoms. The third-order valence-electron chi connectivity index (χ3n) is 9.18. The molecule has 35 heteroatoms. The van der Waals surface area contributed by atoms with Crippen LogP contribution >= 0.6 is 47.5 Å². The number of hydrogen-bond donors (Lipinski definition) is 10. The highest BCUT2D eigenvalue weighted by Gasteiger charge is 2.22. The number of hydrogen-bond acceptors (Lipinski definition) is 29. The molecule has 6 aromatic carbocycles. The molecule has 28 nitrogen and oxygen atoms in total. The van der Waals surface area contributed by atoms with Gasteiger partial charge in [-0.3, -0.25) is 13.7 Å². The summed E-state index contributed by atoms with van der Waals surface area (Å²) < 4.78 is 116. The van der Waals surface area contributed by atoms with E-state index in [0.29, 0.717) is 66.5 Å². The lowest BCUT2D eigenvalue weighted by atomic mass is 10.1. The molecule has 0 aliphatic rings. The van der Waals surface area contributed by atoms with E-state index in [9.17, 15) is 40.0 Å². The van der Waals surface area contributed by atoms with Crippen molar-refractivity contribution in [3.05, 3.63) is 78.4 Å². The number of phenols is 2. The van der Waals surface area contributed by atoms with Gasteiger partial charge in [-0.25, -0.2) is 20.8 Å². The fourth-order valence-electron chi connectivity index (χ4n) is 6.14. The van der Waals surface area contributed by atoms with E-state index in [2.05, 4.69) is 53.6 Å². The number of nitrogens with zero attached hydrogens (tertiary/aromatic N) is 5. The van der Waals surface area contributed by atoms with E-state index < -0.39 is 51.6 Å². The van der Waals surface area contributed by atoms with Crippen molar-refractivity contribution in [3.63, 3.8) is 0 Å². The minimum absolute atomic E-state index is 0.0130. The lowest BCUT2D eigenvalue weighted by Crippen LogP contribution is -2.08. The second-order valence-electron chi connectivity index (χ2n) is 14.0. The van der Waals surface area contributed by atoms with Crippen LogP contribution in [0.4, 0.5) is 33.6 Å². The first kappa shape index (κ1) is 55.7. The van der Waals surface area contributed by atoms with Gasteiger partial charge in [0.15, 0.2) is 5.75 Å². The molecule has 0 unspecified atom stereocenters. The number of anilines is 2. The van der Waals surface area contributed by atoms with Crippen LogP contribution in [-0.2, 0) is 58.5 Å². The largest absolute Gasteiger partial charge is 0.507 e. The zero-order valence-corrected chi connectivity index (χ0v) is 41.4. The quantitative estimate of drug-likeness (QED) is 0.00645. The third kappa shape index (κ3) is 14.5. The Morgan fingerprint density at radius 1 is 0.667 bits per heavy atom. The van der Waals surface area contributed by atoms with Crippen molar-refractivity contribution < 1.29 is 97.7 Å². The van der Waals surface area contributed by atoms with Crippen molar-refractivity contribution in [1.29, 1.82) is 0 Å². The fourth-order valence-corrected chi connectivity index (χ4v) is 10.1. The summed E-state index contributed by atoms with van der Waals surface area (Å²) in [5.41, 5.74) is 12.0. The molecule has 72 heavy (non-hydrogen) atoms. The molecule has 0 aliphatic heterocycles. The Labute approximate surface area is 421 Å². The number of aromatic hydroxyl groups is 2. The van der Waals surface area contributed by atoms with Gasteiger partial charge in [-0.1, -0.05) is 26.5 Å². The van der Waals surface area contributed by atoms with Crippen LogP contribution in [-0.4, -0.2) is 82.2 Å². The molecule has 1 aromatic heterocycles. The van der Waals surface area contributed by atoms with Gasteiger partial charge in [0.2, 0.25) is 5.13 Å². The number of aromatic nitrogens is 1. The Morgan fingerprint density at radius 3 is 1.89 bits per heavy atom. The topological polar surface area (TPSA) is 443 Å². The van der Waals surface area contributed by atoms with Gasteiger partial charge < -0.3 is 26.4 Å². The summed E-state index contributed by atoms with van der Waals surface area (Å²) in [4.78, 5) is 4.24. The molecule has 0 radical (unpaired) electrons. The van der Waals surface area contributed by atoms with Gasteiger partial charge >= 0.3 is 0 Å². The highest BCUT2D eigenvalue weighted by molar-refractivity contribution is 7.95. The van der Waals surface area contributed by atoms with E-state index in [1.807, 2.05) is 0 Å². The molecule has 0 saturated heterocycles. The van der Waals surface area contributed by atoms with Gasteiger partial charge in [0, 0.05) is 26.6 Å². The lowest BCUT2D eigenvalue weighted by molar-refractivity contribution is -0.432. The summed E-state index contributed by atoms with van der Waals surface area (Å²) in [5, 5.41) is 74.7. The predicted octanol–water partition coefficient (Wildman–Crippen LogP) is 9.44. The first-order valence-electron chi connectivity index (χ1n) is 19.0. The van der Waals surface area contributed by atoms with E-state index in [1.54, 1.807) is 25.1 Å². The molecular weight excluding hydrogens is 1100 g/mol. The normalized spacial score (nSPS) is 12.4. The van der Waals surface area contributed by atoms with Crippen LogP contribution < -0.4 is 16.2 Å². The van der Waals surface area contributed by atoms with Crippen LogP contribution in [0.25, 0.3) is 31.8 Å². The molecule has 0 atom stereocenters. The maximum absolute atomic E-state index is 11.8. The van der Waals surface area contributed by atoms with E-state index in [0.717, 1.165) is 34.9 Å². The summed E-state index contributed by atoms with van der Waals surface area (Å²) >= 11 is 2.96. The molecule has 0 bridgehead atoms. The fraction of sp³-hybridized carbons (Fsp3) is 0.108. The minimum atomic E-state index is -4.73. The maximum Gasteiger partial charge on any atom is 0.296 e. The number of rotatable bonds is 20. The van der Waals surface area contributed by atoms with Gasteiger partial charge in [-0.2, -0.15) is 25.3 Å². The lowest BCUT2D eigenvalue weighted by Gasteiger charge is -2.12. The Morgan fingerprint density at radius 2 is 1.26 bits per heavy atom. The average molecular weight is 1140 g/mol. The third-order valence-corrected chi connectivity index (χ3v) is 14.5. The van der Waals surface area contributed by atoms with Gasteiger partial charge in [-0.05, 0) is 96.4 Å². The number of fused-ring (bicyclic) bond motifs is 3. The Hall–Kier alpha value is -5.65. The molecule has 1 heterocycles. The monoisotopic (exact) mass is 1130 g/mol. The molecule has 0 fully saturated rings. The highest BCUT2D eigenvalue weighted by Crippen LogP contribution is 2.47. The zero-order valence-electron chi connectivity index (χ0n) is 35.7. The number of nitrogens with two attached hydrogens (primary N) is 2. The molecule has 384 valence electrons. The number of phenolic OH excluding ortho intramolecular Hbond substituents is 2. The second-order valence-corrected chi connectivity index (χ2v) is 21.6. The SMILES string of the molecule is Cc1cc(N=Nc2c(SOOO)cc3cc(S(=O)(=O)O)c(N)cc3c2O)c(OCCCS(=O)(=O)O)cc1N=Nc1nc2ccc(SOOO)cc2s1.Nc1cc2c(O)cc(SOOO)cc2cc1S(=O)(=O)O. The van der Waals surface area contributed by atoms with Gasteiger partial charge in [0.25, 0.3) is 30.4 Å². The summed E-state index contributed by atoms with van der Waals surface area (Å²) in [6, 6.07) is 16.6. The van der Waals surface area contributed by atoms with Gasteiger partial charge in [-0.15, -0.1) is 33.5 Å². The molecule has 7 rings (SSSR count). The minimum Gasteiger partial charge on any atom is -0.507 e. The number of nitrogen functional groups attached to an aromatic ring is 2. The summed E-state index contributed by atoms with van der Waals surface area (Å²) in [7, 11) is -13.5. The van der Waals surface area contributed by atoms with Gasteiger partial charge in [0.1, 0.15) is 32.7 Å².